The minimum absolute atomic E-state index is 0.0389. The molecule has 9 nitrogen and oxygen atoms in total. The lowest BCUT2D eigenvalue weighted by atomic mass is 10.0. The molecule has 0 aromatic heterocycles. The fraction of sp³-hybridized carbons (Fsp3) is 0.714. The molecule has 460 valence electrons. The van der Waals surface area contributed by atoms with Gasteiger partial charge in [0.15, 0.2) is 6.10 Å². The Kier molecular flexibility index (Phi) is 57.8. The van der Waals surface area contributed by atoms with Gasteiger partial charge in [0.1, 0.15) is 19.8 Å². The Labute approximate surface area is 493 Å². The van der Waals surface area contributed by atoms with E-state index in [1.165, 1.54) is 128 Å². The summed E-state index contributed by atoms with van der Waals surface area (Å²) in [5, 5.41) is 0. The van der Waals surface area contributed by atoms with Gasteiger partial charge in [-0.3, -0.25) is 14.2 Å². The van der Waals surface area contributed by atoms with Crippen molar-refractivity contribution in [3.05, 3.63) is 109 Å². The Balaban J connectivity index is 4.13. The summed E-state index contributed by atoms with van der Waals surface area (Å²) in [6.45, 7) is 4.11. The van der Waals surface area contributed by atoms with E-state index in [2.05, 4.69) is 123 Å². The molecule has 0 amide bonds. The van der Waals surface area contributed by atoms with Gasteiger partial charge >= 0.3 is 11.9 Å². The number of ether oxygens (including phenoxy) is 2. The van der Waals surface area contributed by atoms with E-state index in [4.69, 9.17) is 18.5 Å². The standard InChI is InChI=1S/C70H122NO8P/c1-6-8-10-12-14-16-18-20-22-24-26-28-30-32-33-34-35-36-37-39-40-42-44-46-48-50-52-54-56-58-60-62-69(72)76-66-68(67-78-80(74,75)77-65-64-71(3,4)5)79-70(73)63-61-59-57-55-53-51-49-47-45-43-41-38-31-29-27-25-23-21-19-17-15-13-11-9-7-2/h9,11,15,17-18,20-21,23-24,26-27,29-30,32,38,41,45,47,68H,6-8,10,12-14,16,19,22,25,28,31,33-37,39-40,42-44,46,48-67H2,1-5H3/b11-9-,17-15-,20-18-,23-21-,26-24-,29-27-,32-30-,41-38-,47-45-. The van der Waals surface area contributed by atoms with Crippen LogP contribution in [0, 0.1) is 0 Å². The molecule has 0 radical (unpaired) electrons. The van der Waals surface area contributed by atoms with Crippen molar-refractivity contribution in [2.45, 2.75) is 277 Å². The van der Waals surface area contributed by atoms with Gasteiger partial charge in [-0.2, -0.15) is 0 Å². The van der Waals surface area contributed by atoms with Crippen molar-refractivity contribution in [3.8, 4) is 0 Å². The zero-order valence-electron chi connectivity index (χ0n) is 52.2. The molecule has 0 aliphatic rings. The first kappa shape index (κ1) is 76.7. The van der Waals surface area contributed by atoms with Crippen molar-refractivity contribution in [1.82, 2.24) is 0 Å². The number of carbonyl (C=O) groups is 2. The maximum Gasteiger partial charge on any atom is 0.306 e. The zero-order chi connectivity index (χ0) is 58.4. The molecule has 2 unspecified atom stereocenters. The largest absolute Gasteiger partial charge is 0.756 e. The van der Waals surface area contributed by atoms with Gasteiger partial charge in [-0.15, -0.1) is 0 Å². The Bertz CT molecular complexity index is 1720. The van der Waals surface area contributed by atoms with Crippen molar-refractivity contribution in [1.29, 1.82) is 0 Å². The Hall–Kier alpha value is -3.33. The van der Waals surface area contributed by atoms with Gasteiger partial charge in [0.25, 0.3) is 7.82 Å². The van der Waals surface area contributed by atoms with Gasteiger partial charge in [-0.25, -0.2) is 0 Å². The number of unbranched alkanes of at least 4 members (excludes halogenated alkanes) is 27. The number of rotatable bonds is 59. The van der Waals surface area contributed by atoms with E-state index >= 15 is 0 Å². The molecule has 10 heteroatoms. The third kappa shape index (κ3) is 63.8. The van der Waals surface area contributed by atoms with E-state index in [1.54, 1.807) is 0 Å². The van der Waals surface area contributed by atoms with Gasteiger partial charge in [-0.05, 0) is 103 Å². The number of hydrogen-bond donors (Lipinski definition) is 0. The van der Waals surface area contributed by atoms with E-state index in [0.717, 1.165) is 109 Å². The molecule has 80 heavy (non-hydrogen) atoms. The van der Waals surface area contributed by atoms with E-state index in [0.29, 0.717) is 17.4 Å². The molecule has 0 aliphatic heterocycles. The fourth-order valence-corrected chi connectivity index (χ4v) is 9.51. The lowest BCUT2D eigenvalue weighted by Crippen LogP contribution is -2.37. The zero-order valence-corrected chi connectivity index (χ0v) is 53.1. The highest BCUT2D eigenvalue weighted by Gasteiger charge is 2.22. The number of phosphoric ester groups is 1. The number of nitrogens with zero attached hydrogens (tertiary/aromatic N) is 1. The quantitative estimate of drug-likeness (QED) is 0.0195. The molecular formula is C70H122NO8P. The molecule has 0 fully saturated rings. The third-order valence-corrected chi connectivity index (χ3v) is 14.7. The fourth-order valence-electron chi connectivity index (χ4n) is 8.79. The van der Waals surface area contributed by atoms with Gasteiger partial charge in [0.05, 0.1) is 27.7 Å². The van der Waals surface area contributed by atoms with Gasteiger partial charge in [0.2, 0.25) is 0 Å². The summed E-state index contributed by atoms with van der Waals surface area (Å²) in [5.74, 6) is -0.850. The summed E-state index contributed by atoms with van der Waals surface area (Å²) in [6, 6.07) is 0. The molecule has 0 N–H and O–H groups in total. The van der Waals surface area contributed by atoms with Crippen molar-refractivity contribution in [3.63, 3.8) is 0 Å². The van der Waals surface area contributed by atoms with Crippen LogP contribution in [-0.4, -0.2) is 70.0 Å². The van der Waals surface area contributed by atoms with Crippen LogP contribution in [0.4, 0.5) is 0 Å². The first-order valence-electron chi connectivity index (χ1n) is 32.6. The number of phosphoric acid groups is 1. The molecule has 0 bridgehead atoms. The summed E-state index contributed by atoms with van der Waals surface area (Å²) >= 11 is 0. The summed E-state index contributed by atoms with van der Waals surface area (Å²) in [5.41, 5.74) is 0. The van der Waals surface area contributed by atoms with Crippen LogP contribution in [0.3, 0.4) is 0 Å². The Morgan fingerprint density at radius 3 is 1.06 bits per heavy atom. The molecule has 2 atom stereocenters. The second kappa shape index (κ2) is 60.3. The number of esters is 2. The van der Waals surface area contributed by atoms with E-state index in [1.807, 2.05) is 21.1 Å². The minimum Gasteiger partial charge on any atom is -0.756 e. The Morgan fingerprint density at radius 1 is 0.400 bits per heavy atom. The summed E-state index contributed by atoms with van der Waals surface area (Å²) < 4.78 is 34.2. The second-order valence-electron chi connectivity index (χ2n) is 22.7. The predicted molar refractivity (Wildman–Crippen MR) is 342 cm³/mol. The van der Waals surface area contributed by atoms with Gasteiger partial charge in [0, 0.05) is 12.8 Å². The second-order valence-corrected chi connectivity index (χ2v) is 24.2. The average molecular weight is 1140 g/mol. The number of quaternary nitrogens is 1. The molecule has 0 spiro atoms. The summed E-state index contributed by atoms with van der Waals surface area (Å²) in [4.78, 5) is 38.0. The van der Waals surface area contributed by atoms with E-state index < -0.39 is 26.5 Å². The number of hydrogen-bond acceptors (Lipinski definition) is 8. The number of carbonyl (C=O) groups excluding carboxylic acids is 2. The SMILES string of the molecule is CC/C=C\C/C=C\C/C=C\C/C=C\C/C=C\C/C=C\CCCCCCCCC(=O)OC(COC(=O)CCCCCCCCCCCCCCCCCC/C=C\C/C=C\C/C=C\CCCCCCC)COP(=O)([O-])OCC[N+](C)(C)C. The normalized spacial score (nSPS) is 13.9. The minimum atomic E-state index is -4.65. The highest BCUT2D eigenvalue weighted by Crippen LogP contribution is 2.38. The molecule has 0 saturated heterocycles. The number of allylic oxidation sites excluding steroid dienone is 18. The van der Waals surface area contributed by atoms with Crippen LogP contribution in [-0.2, 0) is 32.7 Å². The monoisotopic (exact) mass is 1140 g/mol. The highest BCUT2D eigenvalue weighted by atomic mass is 31.2. The van der Waals surface area contributed by atoms with Crippen LogP contribution in [0.2, 0.25) is 0 Å². The van der Waals surface area contributed by atoms with Crippen LogP contribution in [0.1, 0.15) is 271 Å². The lowest BCUT2D eigenvalue weighted by Gasteiger charge is -2.28. The molecule has 0 heterocycles. The van der Waals surface area contributed by atoms with Crippen molar-refractivity contribution >= 4 is 19.8 Å². The smallest absolute Gasteiger partial charge is 0.306 e. The molecule has 0 aromatic carbocycles. The van der Waals surface area contributed by atoms with Crippen molar-refractivity contribution < 1.29 is 42.1 Å². The maximum atomic E-state index is 12.8. The van der Waals surface area contributed by atoms with Crippen LogP contribution >= 0.6 is 7.82 Å². The molecule has 0 rings (SSSR count). The first-order valence-corrected chi connectivity index (χ1v) is 34.1. The van der Waals surface area contributed by atoms with Gasteiger partial charge in [-0.1, -0.05) is 264 Å². The van der Waals surface area contributed by atoms with E-state index in [9.17, 15) is 19.0 Å². The lowest BCUT2D eigenvalue weighted by molar-refractivity contribution is -0.870. The highest BCUT2D eigenvalue weighted by molar-refractivity contribution is 7.45. The van der Waals surface area contributed by atoms with E-state index in [-0.39, 0.29) is 32.0 Å². The van der Waals surface area contributed by atoms with Crippen molar-refractivity contribution in [2.75, 3.05) is 47.5 Å². The molecule has 0 aliphatic carbocycles. The average Bonchev–Trinajstić information content (AvgIpc) is 3.42. The topological polar surface area (TPSA) is 111 Å². The van der Waals surface area contributed by atoms with Crippen LogP contribution in [0.25, 0.3) is 0 Å². The predicted octanol–water partition coefficient (Wildman–Crippen LogP) is 20.3. The summed E-state index contributed by atoms with van der Waals surface area (Å²) in [6.07, 6.45) is 84.3. The maximum absolute atomic E-state index is 12.8. The van der Waals surface area contributed by atoms with Crippen molar-refractivity contribution in [2.24, 2.45) is 0 Å². The third-order valence-electron chi connectivity index (χ3n) is 13.8. The molecule has 0 aromatic rings. The van der Waals surface area contributed by atoms with Gasteiger partial charge < -0.3 is 27.9 Å². The number of likely N-dealkylation sites (N-methyl/N-ethyl adjacent to an activating group) is 1. The first-order chi connectivity index (χ1) is 39.0. The Morgan fingerprint density at radius 2 is 0.713 bits per heavy atom. The molecule has 0 saturated carbocycles. The summed E-state index contributed by atoms with van der Waals surface area (Å²) in [7, 11) is 1.15. The van der Waals surface area contributed by atoms with Crippen LogP contribution < -0.4 is 4.89 Å². The van der Waals surface area contributed by atoms with Crippen LogP contribution in [0.5, 0.6) is 0 Å². The van der Waals surface area contributed by atoms with Crippen LogP contribution in [0.15, 0.2) is 109 Å². The molecular weight excluding hydrogens is 1010 g/mol.